The second-order valence-electron chi connectivity index (χ2n) is 11.9. The Labute approximate surface area is 258 Å². The number of carbonyl (C=O) groups excluding carboxylic acids is 3. The fourth-order valence-corrected chi connectivity index (χ4v) is 6.00. The third-order valence-corrected chi connectivity index (χ3v) is 8.73. The summed E-state index contributed by atoms with van der Waals surface area (Å²) in [6, 6.07) is 18.2. The van der Waals surface area contributed by atoms with Gasteiger partial charge in [0.2, 0.25) is 5.91 Å². The van der Waals surface area contributed by atoms with Gasteiger partial charge in [-0.2, -0.15) is 0 Å². The van der Waals surface area contributed by atoms with E-state index in [-0.39, 0.29) is 29.9 Å². The van der Waals surface area contributed by atoms with Crippen molar-refractivity contribution >= 4 is 29.4 Å². The minimum Gasteiger partial charge on any atom is -0.444 e. The summed E-state index contributed by atoms with van der Waals surface area (Å²) in [5, 5.41) is 12.0. The van der Waals surface area contributed by atoms with Gasteiger partial charge in [-0.1, -0.05) is 88.4 Å². The molecule has 4 rings (SSSR count). The van der Waals surface area contributed by atoms with Gasteiger partial charge < -0.3 is 25.6 Å². The minimum absolute atomic E-state index is 0.154. The number of amides is 4. The summed E-state index contributed by atoms with van der Waals surface area (Å²) in [6.45, 7) is 8.34. The first-order chi connectivity index (χ1) is 20.6. The summed E-state index contributed by atoms with van der Waals surface area (Å²) in [4.78, 5) is 45.3. The molecule has 43 heavy (non-hydrogen) atoms. The van der Waals surface area contributed by atoms with Crippen LogP contribution < -0.4 is 16.0 Å². The van der Waals surface area contributed by atoms with Crippen molar-refractivity contribution in [1.29, 1.82) is 0 Å². The van der Waals surface area contributed by atoms with E-state index < -0.39 is 18.2 Å². The van der Waals surface area contributed by atoms with E-state index >= 15 is 0 Å². The van der Waals surface area contributed by atoms with Gasteiger partial charge in [0.05, 0.1) is 23.3 Å². The van der Waals surface area contributed by atoms with E-state index in [9.17, 15) is 14.4 Å². The van der Waals surface area contributed by atoms with Gasteiger partial charge in [0.25, 0.3) is 0 Å². The summed E-state index contributed by atoms with van der Waals surface area (Å²) in [6.07, 6.45) is 0.731. The topological polar surface area (TPSA) is 113 Å². The lowest BCUT2D eigenvalue weighted by Crippen LogP contribution is -2.55. The van der Waals surface area contributed by atoms with Crippen LogP contribution in [0.3, 0.4) is 0 Å². The van der Waals surface area contributed by atoms with Crippen LogP contribution in [-0.2, 0) is 28.9 Å². The van der Waals surface area contributed by atoms with E-state index in [0.717, 1.165) is 21.8 Å². The molecule has 1 saturated heterocycles. The zero-order valence-corrected chi connectivity index (χ0v) is 26.4. The van der Waals surface area contributed by atoms with Crippen molar-refractivity contribution < 1.29 is 19.1 Å². The number of nitrogens with one attached hydrogen (secondary N) is 3. The minimum atomic E-state index is -0.751. The van der Waals surface area contributed by atoms with E-state index in [2.05, 4.69) is 34.8 Å². The second kappa shape index (κ2) is 15.0. The van der Waals surface area contributed by atoms with E-state index in [1.165, 1.54) is 0 Å². The van der Waals surface area contributed by atoms with Crippen LogP contribution >= 0.6 is 11.3 Å². The molecule has 4 amide bonds. The fraction of sp³-hybridized carbons (Fsp3) is 0.455. The van der Waals surface area contributed by atoms with Crippen LogP contribution in [0, 0.1) is 5.92 Å². The van der Waals surface area contributed by atoms with Crippen LogP contribution in [0.4, 0.5) is 9.59 Å². The molecule has 9 nitrogen and oxygen atoms in total. The number of ether oxygens (including phenoxy) is 1. The Morgan fingerprint density at radius 2 is 1.65 bits per heavy atom. The molecule has 0 saturated carbocycles. The van der Waals surface area contributed by atoms with Crippen LogP contribution in [0.5, 0.6) is 0 Å². The molecule has 3 N–H and O–H groups in total. The van der Waals surface area contributed by atoms with Crippen molar-refractivity contribution in [3.05, 3.63) is 87.9 Å². The van der Waals surface area contributed by atoms with E-state index in [4.69, 9.17) is 4.74 Å². The van der Waals surface area contributed by atoms with Crippen molar-refractivity contribution in [2.24, 2.45) is 5.92 Å². The number of thiazole rings is 1. The van der Waals surface area contributed by atoms with Gasteiger partial charge in [-0.15, -0.1) is 11.3 Å². The van der Waals surface area contributed by atoms with E-state index in [1.54, 1.807) is 23.3 Å². The summed E-state index contributed by atoms with van der Waals surface area (Å²) < 4.78 is 5.69. The van der Waals surface area contributed by atoms with Crippen LogP contribution in [0.2, 0.25) is 0 Å². The van der Waals surface area contributed by atoms with Gasteiger partial charge >= 0.3 is 12.1 Å². The number of benzene rings is 2. The van der Waals surface area contributed by atoms with Crippen LogP contribution in [0.25, 0.3) is 0 Å². The highest BCUT2D eigenvalue weighted by molar-refractivity contribution is 7.09. The summed E-state index contributed by atoms with van der Waals surface area (Å²) in [5.41, 5.74) is 2.97. The maximum Gasteiger partial charge on any atom is 0.407 e. The molecule has 1 fully saturated rings. The molecule has 3 aromatic rings. The highest BCUT2D eigenvalue weighted by Crippen LogP contribution is 2.22. The monoisotopic (exact) mass is 605 g/mol. The first kappa shape index (κ1) is 32.0. The smallest absolute Gasteiger partial charge is 0.407 e. The maximum atomic E-state index is 13.7. The predicted molar refractivity (Wildman–Crippen MR) is 169 cm³/mol. The molecule has 1 aromatic heterocycles. The SMILES string of the molecule is CC(C)c1nc(CN(C)C(=O)NC(C(=O)NC(Cc2ccccc2)CC2OC(=O)NC2Cc2ccccc2)C(C)C)cs1. The lowest BCUT2D eigenvalue weighted by molar-refractivity contribution is -0.124. The van der Waals surface area contributed by atoms with Crippen molar-refractivity contribution in [2.75, 3.05) is 7.05 Å². The molecule has 1 aliphatic rings. The molecule has 4 atom stereocenters. The largest absolute Gasteiger partial charge is 0.444 e. The number of rotatable bonds is 13. The summed E-state index contributed by atoms with van der Waals surface area (Å²) in [5.74, 6) is -0.100. The lowest BCUT2D eigenvalue weighted by Gasteiger charge is -2.29. The molecule has 4 unspecified atom stereocenters. The van der Waals surface area contributed by atoms with Crippen molar-refractivity contribution in [2.45, 2.75) is 83.6 Å². The normalized spacial score (nSPS) is 17.7. The Morgan fingerprint density at radius 3 is 2.26 bits per heavy atom. The van der Waals surface area contributed by atoms with Crippen LogP contribution in [0.15, 0.2) is 66.0 Å². The number of alkyl carbamates (subject to hydrolysis) is 1. The Kier molecular flexibility index (Phi) is 11.2. The quantitative estimate of drug-likeness (QED) is 0.246. The average molecular weight is 606 g/mol. The molecule has 1 aliphatic heterocycles. The molecule has 2 heterocycles. The standard InChI is InChI=1S/C33H43N5O4S/c1-21(2)29(37-32(40)38(5)19-26-20-43-31(35-26)22(3)4)30(39)34-25(16-23-12-8-6-9-13-23)18-28-27(36-33(41)42-28)17-24-14-10-7-11-15-24/h6-15,20-22,25,27-29H,16-19H2,1-5H3,(H,34,39)(H,36,41)(H,37,40). The third kappa shape index (κ3) is 9.28. The van der Waals surface area contributed by atoms with Crippen LogP contribution in [0.1, 0.15) is 61.9 Å². The number of hydrogen-bond acceptors (Lipinski definition) is 6. The van der Waals surface area contributed by atoms with E-state index in [1.807, 2.05) is 79.9 Å². The Hall–Kier alpha value is -3.92. The number of hydrogen-bond donors (Lipinski definition) is 3. The van der Waals surface area contributed by atoms with Gasteiger partial charge in [-0.05, 0) is 29.9 Å². The third-order valence-electron chi connectivity index (χ3n) is 7.53. The van der Waals surface area contributed by atoms with Crippen molar-refractivity contribution in [3.63, 3.8) is 0 Å². The Bertz CT molecular complexity index is 1350. The summed E-state index contributed by atoms with van der Waals surface area (Å²) >= 11 is 1.59. The predicted octanol–water partition coefficient (Wildman–Crippen LogP) is 5.27. The molecule has 0 spiro atoms. The van der Waals surface area contributed by atoms with Crippen LogP contribution in [-0.4, -0.2) is 59.2 Å². The van der Waals surface area contributed by atoms with E-state index in [0.29, 0.717) is 31.7 Å². The molecular weight excluding hydrogens is 562 g/mol. The number of cyclic esters (lactones) is 1. The number of carbonyl (C=O) groups is 3. The average Bonchev–Trinajstić information content (AvgIpc) is 3.58. The Morgan fingerprint density at radius 1 is 1.00 bits per heavy atom. The summed E-state index contributed by atoms with van der Waals surface area (Å²) in [7, 11) is 1.70. The first-order valence-corrected chi connectivity index (χ1v) is 15.8. The maximum absolute atomic E-state index is 13.7. The van der Waals surface area contributed by atoms with Crippen molar-refractivity contribution in [3.8, 4) is 0 Å². The molecule has 0 bridgehead atoms. The van der Waals surface area contributed by atoms with Gasteiger partial charge in [0.15, 0.2) is 0 Å². The zero-order valence-electron chi connectivity index (χ0n) is 25.6. The number of nitrogens with zero attached hydrogens (tertiary/aromatic N) is 2. The highest BCUT2D eigenvalue weighted by atomic mass is 32.1. The molecule has 230 valence electrons. The molecule has 0 radical (unpaired) electrons. The second-order valence-corrected chi connectivity index (χ2v) is 12.8. The fourth-order valence-electron chi connectivity index (χ4n) is 5.18. The molecule has 0 aliphatic carbocycles. The van der Waals surface area contributed by atoms with Crippen molar-refractivity contribution in [1.82, 2.24) is 25.8 Å². The van der Waals surface area contributed by atoms with Gasteiger partial charge in [0.1, 0.15) is 12.1 Å². The molecule has 10 heteroatoms. The Balaban J connectivity index is 1.44. The van der Waals surface area contributed by atoms with Gasteiger partial charge in [0, 0.05) is 30.8 Å². The highest BCUT2D eigenvalue weighted by Gasteiger charge is 2.37. The molecular formula is C33H43N5O4S. The van der Waals surface area contributed by atoms with Gasteiger partial charge in [-0.25, -0.2) is 14.6 Å². The lowest BCUT2D eigenvalue weighted by atomic mass is 9.93. The molecule has 2 aromatic carbocycles. The van der Waals surface area contributed by atoms with Gasteiger partial charge in [-0.3, -0.25) is 4.79 Å². The number of aromatic nitrogens is 1. The number of urea groups is 1. The first-order valence-electron chi connectivity index (χ1n) is 14.9. The zero-order chi connectivity index (χ0) is 30.9.